The molecule has 0 spiro atoms. The Balaban J connectivity index is 1.65. The number of rotatable bonds is 2. The van der Waals surface area contributed by atoms with Gasteiger partial charge in [0.2, 0.25) is 0 Å². The lowest BCUT2D eigenvalue weighted by atomic mass is 10.2. The van der Waals surface area contributed by atoms with Crippen molar-refractivity contribution in [2.24, 2.45) is 0 Å². The van der Waals surface area contributed by atoms with Crippen molar-refractivity contribution in [2.45, 2.75) is 6.92 Å². The van der Waals surface area contributed by atoms with Gasteiger partial charge in [-0.3, -0.25) is 0 Å². The highest BCUT2D eigenvalue weighted by Crippen LogP contribution is 2.24. The van der Waals surface area contributed by atoms with E-state index in [0.717, 1.165) is 26.2 Å². The van der Waals surface area contributed by atoms with E-state index in [9.17, 15) is 0 Å². The number of hydrogen-bond donors (Lipinski definition) is 0. The highest BCUT2D eigenvalue weighted by atomic mass is 32.1. The highest BCUT2D eigenvalue weighted by Gasteiger charge is 2.18. The van der Waals surface area contributed by atoms with Crippen LogP contribution in [0.4, 0.5) is 10.8 Å². The molecule has 94 valence electrons. The van der Waals surface area contributed by atoms with Gasteiger partial charge in [-0.1, -0.05) is 18.2 Å². The number of benzene rings is 1. The standard InChI is InChI=1S/C14H17N3S/c1-12-11-15-14(18-12)17-9-7-16(8-10-17)13-5-3-2-4-6-13/h2-6,11H,7-10H2,1H3. The van der Waals surface area contributed by atoms with E-state index in [1.165, 1.54) is 15.7 Å². The maximum absolute atomic E-state index is 4.46. The van der Waals surface area contributed by atoms with Gasteiger partial charge < -0.3 is 9.80 Å². The van der Waals surface area contributed by atoms with Crippen molar-refractivity contribution in [3.05, 3.63) is 41.4 Å². The van der Waals surface area contributed by atoms with Gasteiger partial charge in [0.15, 0.2) is 5.13 Å². The van der Waals surface area contributed by atoms with Gasteiger partial charge in [0.05, 0.1) is 0 Å². The van der Waals surface area contributed by atoms with Gasteiger partial charge in [-0.05, 0) is 19.1 Å². The van der Waals surface area contributed by atoms with Crippen LogP contribution in [-0.2, 0) is 0 Å². The molecule has 0 atom stereocenters. The van der Waals surface area contributed by atoms with Crippen molar-refractivity contribution < 1.29 is 0 Å². The van der Waals surface area contributed by atoms with Crippen molar-refractivity contribution in [1.29, 1.82) is 0 Å². The van der Waals surface area contributed by atoms with E-state index in [-0.39, 0.29) is 0 Å². The molecule has 1 aromatic carbocycles. The fourth-order valence-corrected chi connectivity index (χ4v) is 3.09. The molecule has 1 fully saturated rings. The van der Waals surface area contributed by atoms with E-state index in [0.29, 0.717) is 0 Å². The van der Waals surface area contributed by atoms with Crippen LogP contribution in [0, 0.1) is 6.92 Å². The monoisotopic (exact) mass is 259 g/mol. The first-order chi connectivity index (χ1) is 8.83. The summed E-state index contributed by atoms with van der Waals surface area (Å²) in [4.78, 5) is 10.6. The summed E-state index contributed by atoms with van der Waals surface area (Å²) in [5.74, 6) is 0. The molecular formula is C14H17N3S. The largest absolute Gasteiger partial charge is 0.368 e. The molecule has 0 amide bonds. The van der Waals surface area contributed by atoms with Crippen LogP contribution in [0.1, 0.15) is 4.88 Å². The first-order valence-corrected chi connectivity index (χ1v) is 7.12. The summed E-state index contributed by atoms with van der Waals surface area (Å²) in [6, 6.07) is 10.6. The van der Waals surface area contributed by atoms with Crippen molar-refractivity contribution >= 4 is 22.2 Å². The number of para-hydroxylation sites is 1. The fraction of sp³-hybridized carbons (Fsp3) is 0.357. The number of anilines is 2. The molecule has 3 nitrogen and oxygen atoms in total. The Hall–Kier alpha value is -1.55. The zero-order valence-corrected chi connectivity index (χ0v) is 11.4. The van der Waals surface area contributed by atoms with E-state index in [1.807, 2.05) is 6.20 Å². The van der Waals surface area contributed by atoms with Crippen LogP contribution in [0.2, 0.25) is 0 Å². The van der Waals surface area contributed by atoms with Crippen LogP contribution in [0.15, 0.2) is 36.5 Å². The topological polar surface area (TPSA) is 19.4 Å². The maximum Gasteiger partial charge on any atom is 0.185 e. The predicted octanol–water partition coefficient (Wildman–Crippen LogP) is 2.78. The fourth-order valence-electron chi connectivity index (χ4n) is 2.28. The molecule has 1 aliphatic rings. The minimum absolute atomic E-state index is 1.06. The Morgan fingerprint density at radius 3 is 2.28 bits per heavy atom. The normalized spacial score (nSPS) is 16.1. The van der Waals surface area contributed by atoms with E-state index in [4.69, 9.17) is 0 Å². The minimum Gasteiger partial charge on any atom is -0.368 e. The second-order valence-electron chi connectivity index (χ2n) is 4.56. The molecule has 0 saturated carbocycles. The van der Waals surface area contributed by atoms with Crippen molar-refractivity contribution in [3.8, 4) is 0 Å². The van der Waals surface area contributed by atoms with Crippen LogP contribution >= 0.6 is 11.3 Å². The number of aromatic nitrogens is 1. The zero-order valence-electron chi connectivity index (χ0n) is 10.5. The summed E-state index contributed by atoms with van der Waals surface area (Å²) in [6.07, 6.45) is 1.96. The lowest BCUT2D eigenvalue weighted by Crippen LogP contribution is -2.46. The molecular weight excluding hydrogens is 242 g/mol. The summed E-state index contributed by atoms with van der Waals surface area (Å²) in [5.41, 5.74) is 1.33. The van der Waals surface area contributed by atoms with Crippen molar-refractivity contribution in [1.82, 2.24) is 4.98 Å². The molecule has 3 rings (SSSR count). The first kappa shape index (κ1) is 11.5. The van der Waals surface area contributed by atoms with Gasteiger partial charge in [0, 0.05) is 42.9 Å². The second kappa shape index (κ2) is 4.98. The van der Waals surface area contributed by atoms with E-state index < -0.39 is 0 Å². The van der Waals surface area contributed by atoms with Gasteiger partial charge in [-0.25, -0.2) is 4.98 Å². The third-order valence-corrected chi connectivity index (χ3v) is 4.25. The van der Waals surface area contributed by atoms with Crippen LogP contribution in [0.5, 0.6) is 0 Å². The molecule has 1 aliphatic heterocycles. The molecule has 0 radical (unpaired) electrons. The van der Waals surface area contributed by atoms with E-state index in [2.05, 4.69) is 52.0 Å². The Morgan fingerprint density at radius 2 is 1.67 bits per heavy atom. The molecule has 0 aliphatic carbocycles. The molecule has 0 N–H and O–H groups in total. The summed E-state index contributed by atoms with van der Waals surface area (Å²) in [7, 11) is 0. The lowest BCUT2D eigenvalue weighted by Gasteiger charge is -2.35. The van der Waals surface area contributed by atoms with E-state index in [1.54, 1.807) is 11.3 Å². The average Bonchev–Trinajstić information content (AvgIpc) is 2.87. The quantitative estimate of drug-likeness (QED) is 0.826. The van der Waals surface area contributed by atoms with Gasteiger partial charge in [-0.15, -0.1) is 11.3 Å². The van der Waals surface area contributed by atoms with Gasteiger partial charge in [0.25, 0.3) is 0 Å². The van der Waals surface area contributed by atoms with Crippen LogP contribution in [-0.4, -0.2) is 31.2 Å². The lowest BCUT2D eigenvalue weighted by molar-refractivity contribution is 0.652. The predicted molar refractivity (Wildman–Crippen MR) is 77.7 cm³/mol. The Kier molecular flexibility index (Phi) is 3.19. The average molecular weight is 259 g/mol. The number of piperazine rings is 1. The molecule has 1 saturated heterocycles. The Bertz CT molecular complexity index is 501. The molecule has 2 aromatic rings. The number of thiazole rings is 1. The molecule has 18 heavy (non-hydrogen) atoms. The second-order valence-corrected chi connectivity index (χ2v) is 5.78. The van der Waals surface area contributed by atoms with Crippen LogP contribution < -0.4 is 9.80 Å². The number of aryl methyl sites for hydroxylation is 1. The van der Waals surface area contributed by atoms with Crippen LogP contribution in [0.3, 0.4) is 0 Å². The third-order valence-electron chi connectivity index (χ3n) is 3.28. The number of nitrogens with zero attached hydrogens (tertiary/aromatic N) is 3. The summed E-state index contributed by atoms with van der Waals surface area (Å²) in [5, 5.41) is 1.17. The minimum atomic E-state index is 1.06. The van der Waals surface area contributed by atoms with Crippen molar-refractivity contribution in [3.63, 3.8) is 0 Å². The Labute approximate surface area is 112 Å². The van der Waals surface area contributed by atoms with Crippen molar-refractivity contribution in [2.75, 3.05) is 36.0 Å². The van der Waals surface area contributed by atoms with Crippen LogP contribution in [0.25, 0.3) is 0 Å². The molecule has 4 heteroatoms. The highest BCUT2D eigenvalue weighted by molar-refractivity contribution is 7.15. The van der Waals surface area contributed by atoms with Gasteiger partial charge in [-0.2, -0.15) is 0 Å². The summed E-state index contributed by atoms with van der Waals surface area (Å²) >= 11 is 1.79. The zero-order chi connectivity index (χ0) is 12.4. The van der Waals surface area contributed by atoms with E-state index >= 15 is 0 Å². The Morgan fingerprint density at radius 1 is 1.00 bits per heavy atom. The maximum atomic E-state index is 4.46. The first-order valence-electron chi connectivity index (χ1n) is 6.30. The van der Waals surface area contributed by atoms with Gasteiger partial charge in [0.1, 0.15) is 0 Å². The molecule has 1 aromatic heterocycles. The smallest absolute Gasteiger partial charge is 0.185 e. The number of hydrogen-bond acceptors (Lipinski definition) is 4. The molecule has 0 unspecified atom stereocenters. The van der Waals surface area contributed by atoms with Gasteiger partial charge >= 0.3 is 0 Å². The SMILES string of the molecule is Cc1cnc(N2CCN(c3ccccc3)CC2)s1. The summed E-state index contributed by atoms with van der Waals surface area (Å²) in [6.45, 7) is 6.37. The third kappa shape index (κ3) is 2.34. The molecule has 2 heterocycles. The summed E-state index contributed by atoms with van der Waals surface area (Å²) < 4.78 is 0. The molecule has 0 bridgehead atoms.